The summed E-state index contributed by atoms with van der Waals surface area (Å²) in [6.07, 6.45) is 1.66. The highest BCUT2D eigenvalue weighted by atomic mass is 16.5. The number of hydrogen-bond donors (Lipinski definition) is 3. The van der Waals surface area contributed by atoms with Gasteiger partial charge in [0.25, 0.3) is 5.91 Å². The van der Waals surface area contributed by atoms with Crippen molar-refractivity contribution in [1.29, 1.82) is 0 Å². The lowest BCUT2D eigenvalue weighted by molar-refractivity contribution is -0.125. The molecule has 2 aromatic carbocycles. The van der Waals surface area contributed by atoms with Gasteiger partial charge in [0.15, 0.2) is 0 Å². The molecule has 7 nitrogen and oxygen atoms in total. The summed E-state index contributed by atoms with van der Waals surface area (Å²) < 4.78 is 5.06. The second kappa shape index (κ2) is 9.38. The van der Waals surface area contributed by atoms with Crippen molar-refractivity contribution in [2.45, 2.75) is 20.3 Å². The van der Waals surface area contributed by atoms with E-state index in [9.17, 15) is 14.7 Å². The van der Waals surface area contributed by atoms with Crippen LogP contribution in [0.25, 0.3) is 0 Å². The Morgan fingerprint density at radius 2 is 1.74 bits per heavy atom. The van der Waals surface area contributed by atoms with Gasteiger partial charge in [-0.3, -0.25) is 9.59 Å². The fourth-order valence-electron chi connectivity index (χ4n) is 2.45. The average Bonchev–Trinajstić information content (AvgIpc) is 2.65. The first-order valence-electron chi connectivity index (χ1n) is 8.40. The lowest BCUT2D eigenvalue weighted by Crippen LogP contribution is -2.35. The zero-order chi connectivity index (χ0) is 19.8. The standard InChI is InChI=1S/C20H23N3O4/c1-13-8-16(9-14(2)20(13)26)11-22-23-19(25)12-21-18(24)10-15-4-6-17(27-3)7-5-15/h4-9,11,26H,10,12H2,1-3H3,(H,21,24)(H,23,25)/b22-11+. The Hall–Kier alpha value is -3.35. The van der Waals surface area contributed by atoms with E-state index in [1.165, 1.54) is 6.21 Å². The summed E-state index contributed by atoms with van der Waals surface area (Å²) in [5.74, 6) is 0.275. The van der Waals surface area contributed by atoms with Crippen molar-refractivity contribution in [2.75, 3.05) is 13.7 Å². The van der Waals surface area contributed by atoms with E-state index in [2.05, 4.69) is 15.8 Å². The van der Waals surface area contributed by atoms with Crippen LogP contribution in [0.15, 0.2) is 41.5 Å². The van der Waals surface area contributed by atoms with Gasteiger partial charge in [0.2, 0.25) is 5.91 Å². The van der Waals surface area contributed by atoms with Gasteiger partial charge in [-0.15, -0.1) is 0 Å². The molecule has 2 rings (SSSR count). The molecule has 27 heavy (non-hydrogen) atoms. The van der Waals surface area contributed by atoms with Crippen LogP contribution in [-0.4, -0.2) is 36.8 Å². The van der Waals surface area contributed by atoms with Gasteiger partial charge in [-0.25, -0.2) is 5.43 Å². The van der Waals surface area contributed by atoms with E-state index < -0.39 is 5.91 Å². The molecule has 0 aliphatic carbocycles. The summed E-state index contributed by atoms with van der Waals surface area (Å²) in [5, 5.41) is 16.1. The number of phenols is 1. The minimum atomic E-state index is -0.429. The molecule has 0 atom stereocenters. The molecule has 0 spiro atoms. The first kappa shape index (κ1) is 20.0. The van der Waals surface area contributed by atoms with Crippen molar-refractivity contribution < 1.29 is 19.4 Å². The molecule has 2 amide bonds. The molecule has 0 fully saturated rings. The second-order valence-corrected chi connectivity index (χ2v) is 6.10. The number of aryl methyl sites for hydroxylation is 2. The molecule has 0 aromatic heterocycles. The molecule has 142 valence electrons. The van der Waals surface area contributed by atoms with Gasteiger partial charge in [0.1, 0.15) is 11.5 Å². The van der Waals surface area contributed by atoms with Crippen LogP contribution in [-0.2, 0) is 16.0 Å². The van der Waals surface area contributed by atoms with Crippen molar-refractivity contribution in [2.24, 2.45) is 5.10 Å². The fraction of sp³-hybridized carbons (Fsp3) is 0.250. The summed E-state index contributed by atoms with van der Waals surface area (Å²) in [4.78, 5) is 23.7. The summed E-state index contributed by atoms with van der Waals surface area (Å²) in [7, 11) is 1.58. The van der Waals surface area contributed by atoms with E-state index in [0.29, 0.717) is 0 Å². The molecule has 0 bridgehead atoms. The van der Waals surface area contributed by atoms with E-state index in [1.54, 1.807) is 57.4 Å². The van der Waals surface area contributed by atoms with Gasteiger partial charge in [0, 0.05) is 0 Å². The van der Waals surface area contributed by atoms with E-state index >= 15 is 0 Å². The Morgan fingerprint density at radius 1 is 1.11 bits per heavy atom. The second-order valence-electron chi connectivity index (χ2n) is 6.10. The topological polar surface area (TPSA) is 100 Å². The van der Waals surface area contributed by atoms with E-state index in [-0.39, 0.29) is 24.6 Å². The Balaban J connectivity index is 1.77. The molecule has 0 heterocycles. The molecule has 0 saturated heterocycles. The largest absolute Gasteiger partial charge is 0.507 e. The Labute approximate surface area is 158 Å². The third kappa shape index (κ3) is 6.14. The molecular weight excluding hydrogens is 346 g/mol. The normalized spacial score (nSPS) is 10.6. The number of amides is 2. The number of methoxy groups -OCH3 is 1. The van der Waals surface area contributed by atoms with Crippen LogP contribution in [0.3, 0.4) is 0 Å². The number of benzene rings is 2. The number of hydrazone groups is 1. The van der Waals surface area contributed by atoms with Crippen molar-refractivity contribution in [3.05, 3.63) is 58.7 Å². The molecule has 2 aromatic rings. The number of carbonyl (C=O) groups excluding carboxylic acids is 2. The lowest BCUT2D eigenvalue weighted by atomic mass is 10.1. The zero-order valence-electron chi connectivity index (χ0n) is 15.6. The maximum Gasteiger partial charge on any atom is 0.259 e. The van der Waals surface area contributed by atoms with Crippen LogP contribution < -0.4 is 15.5 Å². The Morgan fingerprint density at radius 3 is 2.33 bits per heavy atom. The first-order chi connectivity index (χ1) is 12.9. The summed E-state index contributed by atoms with van der Waals surface area (Å²) >= 11 is 0. The number of ether oxygens (including phenoxy) is 1. The predicted octanol–water partition coefficient (Wildman–Crippen LogP) is 1.83. The SMILES string of the molecule is COc1ccc(CC(=O)NCC(=O)N/N=C/c2cc(C)c(O)c(C)c2)cc1. The molecule has 3 N–H and O–H groups in total. The number of aromatic hydroxyl groups is 1. The van der Waals surface area contributed by atoms with E-state index in [1.807, 2.05) is 0 Å². The maximum absolute atomic E-state index is 11.9. The van der Waals surface area contributed by atoms with Crippen LogP contribution in [0.4, 0.5) is 0 Å². The van der Waals surface area contributed by atoms with Crippen molar-refractivity contribution in [1.82, 2.24) is 10.7 Å². The molecule has 7 heteroatoms. The monoisotopic (exact) mass is 369 g/mol. The third-order valence-electron chi connectivity index (χ3n) is 3.89. The highest BCUT2D eigenvalue weighted by molar-refractivity contribution is 5.87. The number of nitrogens with zero attached hydrogens (tertiary/aromatic N) is 1. The first-order valence-corrected chi connectivity index (χ1v) is 8.40. The van der Waals surface area contributed by atoms with Crippen LogP contribution in [0.5, 0.6) is 11.5 Å². The van der Waals surface area contributed by atoms with Crippen LogP contribution in [0.1, 0.15) is 22.3 Å². The van der Waals surface area contributed by atoms with Gasteiger partial charge in [-0.05, 0) is 60.4 Å². The number of phenolic OH excluding ortho intramolecular Hbond substituents is 1. The lowest BCUT2D eigenvalue weighted by Gasteiger charge is -2.06. The number of rotatable bonds is 7. The number of nitrogens with one attached hydrogen (secondary N) is 2. The van der Waals surface area contributed by atoms with Gasteiger partial charge >= 0.3 is 0 Å². The predicted molar refractivity (Wildman–Crippen MR) is 103 cm³/mol. The third-order valence-corrected chi connectivity index (χ3v) is 3.89. The summed E-state index contributed by atoms with van der Waals surface area (Å²) in [6, 6.07) is 10.7. The molecule has 0 aliphatic heterocycles. The molecule has 0 aliphatic rings. The smallest absolute Gasteiger partial charge is 0.259 e. The highest BCUT2D eigenvalue weighted by Gasteiger charge is 2.06. The molecule has 0 saturated carbocycles. The van der Waals surface area contributed by atoms with Gasteiger partial charge in [0.05, 0.1) is 26.3 Å². The minimum absolute atomic E-state index is 0.167. The number of carbonyl (C=O) groups is 2. The van der Waals surface area contributed by atoms with E-state index in [0.717, 1.165) is 28.0 Å². The average molecular weight is 369 g/mol. The van der Waals surface area contributed by atoms with Gasteiger partial charge in [-0.2, -0.15) is 5.10 Å². The molecular formula is C20H23N3O4. The summed E-state index contributed by atoms with van der Waals surface area (Å²) in [6.45, 7) is 3.41. The minimum Gasteiger partial charge on any atom is -0.507 e. The van der Waals surface area contributed by atoms with Crippen molar-refractivity contribution in [3.63, 3.8) is 0 Å². The van der Waals surface area contributed by atoms with Crippen LogP contribution in [0, 0.1) is 13.8 Å². The van der Waals surface area contributed by atoms with Crippen molar-refractivity contribution in [3.8, 4) is 11.5 Å². The maximum atomic E-state index is 11.9. The fourth-order valence-corrected chi connectivity index (χ4v) is 2.45. The Kier molecular flexibility index (Phi) is 6.93. The molecule has 0 unspecified atom stereocenters. The van der Waals surface area contributed by atoms with Crippen LogP contribution >= 0.6 is 0 Å². The zero-order valence-corrected chi connectivity index (χ0v) is 15.6. The van der Waals surface area contributed by atoms with Crippen LogP contribution in [0.2, 0.25) is 0 Å². The van der Waals surface area contributed by atoms with Gasteiger partial charge < -0.3 is 15.2 Å². The molecule has 0 radical (unpaired) electrons. The van der Waals surface area contributed by atoms with Crippen molar-refractivity contribution >= 4 is 18.0 Å². The van der Waals surface area contributed by atoms with Gasteiger partial charge in [-0.1, -0.05) is 12.1 Å². The Bertz CT molecular complexity index is 822. The summed E-state index contributed by atoms with van der Waals surface area (Å²) in [5.41, 5.74) is 5.40. The van der Waals surface area contributed by atoms with E-state index in [4.69, 9.17) is 4.74 Å². The quantitative estimate of drug-likeness (QED) is 0.512. The highest BCUT2D eigenvalue weighted by Crippen LogP contribution is 2.21. The number of hydrogen-bond acceptors (Lipinski definition) is 5.